The van der Waals surface area contributed by atoms with E-state index in [1.54, 1.807) is 4.31 Å². The average Bonchev–Trinajstić information content (AvgIpc) is 2.28. The predicted octanol–water partition coefficient (Wildman–Crippen LogP) is 2.85. The van der Waals surface area contributed by atoms with Crippen molar-refractivity contribution in [2.45, 2.75) is 50.8 Å². The fourth-order valence-electron chi connectivity index (χ4n) is 2.40. The van der Waals surface area contributed by atoms with Crippen LogP contribution in [0.3, 0.4) is 0 Å². The van der Waals surface area contributed by atoms with Crippen LogP contribution in [0, 0.1) is 5.92 Å². The van der Waals surface area contributed by atoms with E-state index in [2.05, 4.69) is 6.92 Å². The van der Waals surface area contributed by atoms with E-state index in [9.17, 15) is 8.42 Å². The van der Waals surface area contributed by atoms with E-state index in [0.29, 0.717) is 19.0 Å². The van der Waals surface area contributed by atoms with Crippen LogP contribution in [0.4, 0.5) is 0 Å². The minimum absolute atomic E-state index is 0.282. The number of piperidine rings is 1. The van der Waals surface area contributed by atoms with E-state index in [0.717, 1.165) is 38.5 Å². The first-order chi connectivity index (χ1) is 7.93. The van der Waals surface area contributed by atoms with Gasteiger partial charge in [0.15, 0.2) is 0 Å². The Morgan fingerprint density at radius 2 is 2.18 bits per heavy atom. The molecule has 0 bridgehead atoms. The van der Waals surface area contributed by atoms with E-state index in [-0.39, 0.29) is 5.38 Å². The van der Waals surface area contributed by atoms with Crippen molar-refractivity contribution in [2.75, 3.05) is 19.3 Å². The van der Waals surface area contributed by atoms with Crippen molar-refractivity contribution in [3.05, 3.63) is 0 Å². The molecule has 1 heterocycles. The van der Waals surface area contributed by atoms with Crippen molar-refractivity contribution >= 4 is 21.6 Å². The third-order valence-corrected chi connectivity index (χ3v) is 5.32. The molecule has 0 aromatic heterocycles. The third kappa shape index (κ3) is 5.58. The first-order valence-electron chi connectivity index (χ1n) is 6.52. The minimum Gasteiger partial charge on any atom is -0.213 e. The molecule has 0 amide bonds. The Morgan fingerprint density at radius 3 is 2.76 bits per heavy atom. The Labute approximate surface area is 111 Å². The lowest BCUT2D eigenvalue weighted by atomic mass is 9.93. The maximum Gasteiger partial charge on any atom is 0.211 e. The summed E-state index contributed by atoms with van der Waals surface area (Å²) in [7, 11) is -3.00. The van der Waals surface area contributed by atoms with Crippen molar-refractivity contribution in [3.8, 4) is 0 Å². The standard InChI is InChI=1S/C12H24ClNO2S/c1-3-12(13)8-4-6-11-7-5-9-14(10-11)17(2,15)16/h11-12H,3-10H2,1-2H3. The number of rotatable bonds is 6. The molecule has 0 saturated carbocycles. The van der Waals surface area contributed by atoms with Crippen LogP contribution in [-0.2, 0) is 10.0 Å². The molecule has 17 heavy (non-hydrogen) atoms. The van der Waals surface area contributed by atoms with Gasteiger partial charge >= 0.3 is 0 Å². The summed E-state index contributed by atoms with van der Waals surface area (Å²) in [5, 5.41) is 0.282. The van der Waals surface area contributed by atoms with Gasteiger partial charge in [-0.15, -0.1) is 11.6 Å². The van der Waals surface area contributed by atoms with Crippen LogP contribution in [0.2, 0.25) is 0 Å². The molecular formula is C12H24ClNO2S. The van der Waals surface area contributed by atoms with Crippen LogP contribution >= 0.6 is 11.6 Å². The SMILES string of the molecule is CCC(Cl)CCCC1CCCN(S(C)(=O)=O)C1. The number of alkyl halides is 1. The van der Waals surface area contributed by atoms with Gasteiger partial charge in [0.25, 0.3) is 0 Å². The topological polar surface area (TPSA) is 37.4 Å². The Kier molecular flexibility index (Phi) is 6.24. The summed E-state index contributed by atoms with van der Waals surface area (Å²) < 4.78 is 24.6. The highest BCUT2D eigenvalue weighted by Gasteiger charge is 2.25. The molecule has 2 atom stereocenters. The van der Waals surface area contributed by atoms with Gasteiger partial charge in [-0.3, -0.25) is 0 Å². The second kappa shape index (κ2) is 6.95. The number of hydrogen-bond donors (Lipinski definition) is 0. The molecule has 0 aliphatic carbocycles. The van der Waals surface area contributed by atoms with E-state index in [4.69, 9.17) is 11.6 Å². The highest BCUT2D eigenvalue weighted by molar-refractivity contribution is 7.88. The van der Waals surface area contributed by atoms with Gasteiger partial charge in [-0.05, 0) is 38.0 Å². The summed E-state index contributed by atoms with van der Waals surface area (Å²) in [6.45, 7) is 3.50. The number of hydrogen-bond acceptors (Lipinski definition) is 2. The second-order valence-electron chi connectivity index (χ2n) is 5.07. The van der Waals surface area contributed by atoms with Crippen LogP contribution in [0.15, 0.2) is 0 Å². The Morgan fingerprint density at radius 1 is 1.47 bits per heavy atom. The molecule has 1 aliphatic rings. The van der Waals surface area contributed by atoms with Crippen LogP contribution in [0.1, 0.15) is 45.4 Å². The van der Waals surface area contributed by atoms with Crippen molar-refractivity contribution in [2.24, 2.45) is 5.92 Å². The zero-order chi connectivity index (χ0) is 12.9. The largest absolute Gasteiger partial charge is 0.213 e. The van der Waals surface area contributed by atoms with Crippen molar-refractivity contribution in [3.63, 3.8) is 0 Å². The Bertz CT molecular complexity index is 318. The molecule has 5 heteroatoms. The van der Waals surface area contributed by atoms with E-state index in [1.807, 2.05) is 0 Å². The van der Waals surface area contributed by atoms with Crippen LogP contribution in [-0.4, -0.2) is 37.4 Å². The maximum atomic E-state index is 11.5. The van der Waals surface area contributed by atoms with Gasteiger partial charge in [-0.2, -0.15) is 0 Å². The quantitative estimate of drug-likeness (QED) is 0.702. The molecule has 1 rings (SSSR count). The van der Waals surface area contributed by atoms with Gasteiger partial charge < -0.3 is 0 Å². The molecule has 0 radical (unpaired) electrons. The minimum atomic E-state index is -3.00. The van der Waals surface area contributed by atoms with Crippen LogP contribution in [0.5, 0.6) is 0 Å². The highest BCUT2D eigenvalue weighted by atomic mass is 35.5. The average molecular weight is 282 g/mol. The number of sulfonamides is 1. The van der Waals surface area contributed by atoms with Gasteiger partial charge in [-0.25, -0.2) is 12.7 Å². The first kappa shape index (κ1) is 15.3. The number of halogens is 1. The maximum absolute atomic E-state index is 11.5. The molecule has 0 spiro atoms. The van der Waals surface area contributed by atoms with Crippen molar-refractivity contribution < 1.29 is 8.42 Å². The smallest absolute Gasteiger partial charge is 0.211 e. The van der Waals surface area contributed by atoms with Gasteiger partial charge in [-0.1, -0.05) is 13.3 Å². The lowest BCUT2D eigenvalue weighted by molar-refractivity contribution is 0.252. The summed E-state index contributed by atoms with van der Waals surface area (Å²) in [5.41, 5.74) is 0. The van der Waals surface area contributed by atoms with Crippen molar-refractivity contribution in [1.29, 1.82) is 0 Å². The molecule has 0 aromatic rings. The molecular weight excluding hydrogens is 258 g/mol. The predicted molar refractivity (Wildman–Crippen MR) is 72.9 cm³/mol. The summed E-state index contributed by atoms with van der Waals surface area (Å²) in [5.74, 6) is 0.527. The summed E-state index contributed by atoms with van der Waals surface area (Å²) in [4.78, 5) is 0. The lowest BCUT2D eigenvalue weighted by Gasteiger charge is -2.31. The molecule has 1 fully saturated rings. The summed E-state index contributed by atoms with van der Waals surface area (Å²) in [6.07, 6.45) is 7.75. The number of nitrogens with zero attached hydrogens (tertiary/aromatic N) is 1. The Balaban J connectivity index is 2.30. The second-order valence-corrected chi connectivity index (χ2v) is 7.67. The molecule has 0 N–H and O–H groups in total. The third-order valence-electron chi connectivity index (χ3n) is 3.52. The zero-order valence-electron chi connectivity index (χ0n) is 10.9. The normalized spacial score (nSPS) is 24.8. The van der Waals surface area contributed by atoms with E-state index >= 15 is 0 Å². The molecule has 2 unspecified atom stereocenters. The molecule has 1 saturated heterocycles. The van der Waals surface area contributed by atoms with Crippen molar-refractivity contribution in [1.82, 2.24) is 4.31 Å². The van der Waals surface area contributed by atoms with Gasteiger partial charge in [0.05, 0.1) is 6.26 Å². The van der Waals surface area contributed by atoms with Gasteiger partial charge in [0, 0.05) is 18.5 Å². The van der Waals surface area contributed by atoms with E-state index in [1.165, 1.54) is 6.26 Å². The molecule has 1 aliphatic heterocycles. The zero-order valence-corrected chi connectivity index (χ0v) is 12.4. The van der Waals surface area contributed by atoms with Gasteiger partial charge in [0.1, 0.15) is 0 Å². The lowest BCUT2D eigenvalue weighted by Crippen LogP contribution is -2.39. The summed E-state index contributed by atoms with van der Waals surface area (Å²) in [6, 6.07) is 0. The molecule has 3 nitrogen and oxygen atoms in total. The fourth-order valence-corrected chi connectivity index (χ4v) is 3.49. The molecule has 102 valence electrons. The highest BCUT2D eigenvalue weighted by Crippen LogP contribution is 2.24. The first-order valence-corrected chi connectivity index (χ1v) is 8.81. The van der Waals surface area contributed by atoms with Gasteiger partial charge in [0.2, 0.25) is 10.0 Å². The summed E-state index contributed by atoms with van der Waals surface area (Å²) >= 11 is 6.08. The van der Waals surface area contributed by atoms with Crippen LogP contribution in [0.25, 0.3) is 0 Å². The fraction of sp³-hybridized carbons (Fsp3) is 1.00. The molecule has 0 aromatic carbocycles. The monoisotopic (exact) mass is 281 g/mol. The Hall–Kier alpha value is 0.200. The van der Waals surface area contributed by atoms with Crippen LogP contribution < -0.4 is 0 Å². The van der Waals surface area contributed by atoms with E-state index < -0.39 is 10.0 Å².